The Bertz CT molecular complexity index is 197. The number of rotatable bonds is 3. The summed E-state index contributed by atoms with van der Waals surface area (Å²) in [6, 6.07) is 1.85. The molecule has 0 saturated carbocycles. The first-order valence-corrected chi connectivity index (χ1v) is 6.73. The second-order valence-corrected chi connectivity index (χ2v) is 7.35. The second kappa shape index (κ2) is 4.69. The standard InChI is InChI=1S/C7H12N2OSi/c1-11(2,3)10-9-7-5-4-6-8/h4-5,7H,1-3H3/b5-4+,9-7+. The van der Waals surface area contributed by atoms with Crippen molar-refractivity contribution >= 4 is 14.5 Å². The van der Waals surface area contributed by atoms with Gasteiger partial charge in [0.2, 0.25) is 0 Å². The van der Waals surface area contributed by atoms with Crippen LogP contribution in [0.3, 0.4) is 0 Å². The Morgan fingerprint density at radius 2 is 2.09 bits per heavy atom. The van der Waals surface area contributed by atoms with Crippen LogP contribution in [0.1, 0.15) is 0 Å². The molecule has 0 aromatic heterocycles. The summed E-state index contributed by atoms with van der Waals surface area (Å²) in [7, 11) is -1.53. The van der Waals surface area contributed by atoms with E-state index in [1.165, 1.54) is 12.3 Å². The first-order chi connectivity index (χ1) is 5.06. The van der Waals surface area contributed by atoms with Gasteiger partial charge < -0.3 is 4.53 Å². The van der Waals surface area contributed by atoms with Crippen LogP contribution in [0.5, 0.6) is 0 Å². The van der Waals surface area contributed by atoms with Crippen molar-refractivity contribution in [2.45, 2.75) is 19.6 Å². The van der Waals surface area contributed by atoms with E-state index in [0.717, 1.165) is 0 Å². The van der Waals surface area contributed by atoms with Crippen LogP contribution in [0, 0.1) is 11.3 Å². The topological polar surface area (TPSA) is 45.4 Å². The van der Waals surface area contributed by atoms with Crippen LogP contribution in [0.15, 0.2) is 17.3 Å². The molecular weight excluding hydrogens is 156 g/mol. The Labute approximate surface area is 68.1 Å². The van der Waals surface area contributed by atoms with E-state index < -0.39 is 8.32 Å². The molecule has 0 aromatic rings. The molecule has 0 aliphatic carbocycles. The molecule has 60 valence electrons. The minimum absolute atomic E-state index is 1.34. The van der Waals surface area contributed by atoms with Gasteiger partial charge in [-0.05, 0) is 25.7 Å². The summed E-state index contributed by atoms with van der Waals surface area (Å²) in [6.45, 7) is 6.12. The summed E-state index contributed by atoms with van der Waals surface area (Å²) >= 11 is 0. The first-order valence-electron chi connectivity index (χ1n) is 3.32. The smallest absolute Gasteiger partial charge is 0.278 e. The van der Waals surface area contributed by atoms with E-state index >= 15 is 0 Å². The van der Waals surface area contributed by atoms with E-state index in [1.54, 1.807) is 6.08 Å². The number of oxime groups is 1. The molecule has 4 heteroatoms. The summed E-state index contributed by atoms with van der Waals surface area (Å²) in [5.41, 5.74) is 0. The Morgan fingerprint density at radius 3 is 2.55 bits per heavy atom. The predicted molar refractivity (Wildman–Crippen MR) is 47.7 cm³/mol. The zero-order chi connectivity index (χ0) is 8.74. The van der Waals surface area contributed by atoms with E-state index in [1.807, 2.05) is 25.7 Å². The van der Waals surface area contributed by atoms with Gasteiger partial charge in [-0.2, -0.15) is 5.26 Å². The van der Waals surface area contributed by atoms with Crippen LogP contribution in [0.25, 0.3) is 0 Å². The third-order valence-corrected chi connectivity index (χ3v) is 1.30. The van der Waals surface area contributed by atoms with E-state index in [-0.39, 0.29) is 0 Å². The van der Waals surface area contributed by atoms with Gasteiger partial charge in [-0.15, -0.1) is 5.16 Å². The van der Waals surface area contributed by atoms with Gasteiger partial charge in [0.25, 0.3) is 8.32 Å². The Kier molecular flexibility index (Phi) is 4.23. The predicted octanol–water partition coefficient (Wildman–Crippen LogP) is 1.90. The molecular formula is C7H12N2OSi. The van der Waals surface area contributed by atoms with Gasteiger partial charge in [-0.1, -0.05) is 0 Å². The maximum absolute atomic E-state index is 8.09. The van der Waals surface area contributed by atoms with Crippen LogP contribution in [0.4, 0.5) is 0 Å². The van der Waals surface area contributed by atoms with Crippen molar-refractivity contribution in [3.63, 3.8) is 0 Å². The lowest BCUT2D eigenvalue weighted by Crippen LogP contribution is -2.22. The molecule has 11 heavy (non-hydrogen) atoms. The lowest BCUT2D eigenvalue weighted by Gasteiger charge is -2.11. The van der Waals surface area contributed by atoms with Crippen molar-refractivity contribution in [2.75, 3.05) is 0 Å². The van der Waals surface area contributed by atoms with Gasteiger partial charge in [0, 0.05) is 6.08 Å². The number of hydrogen-bond donors (Lipinski definition) is 0. The maximum Gasteiger partial charge on any atom is 0.278 e. The van der Waals surface area contributed by atoms with Gasteiger partial charge in [-0.3, -0.25) is 0 Å². The van der Waals surface area contributed by atoms with Crippen molar-refractivity contribution in [3.8, 4) is 6.07 Å². The van der Waals surface area contributed by atoms with Gasteiger partial charge in [0.1, 0.15) is 0 Å². The van der Waals surface area contributed by atoms with Gasteiger partial charge in [0.15, 0.2) is 0 Å². The third-order valence-electron chi connectivity index (χ3n) is 0.644. The van der Waals surface area contributed by atoms with Crippen LogP contribution >= 0.6 is 0 Å². The van der Waals surface area contributed by atoms with Crippen molar-refractivity contribution < 1.29 is 4.53 Å². The number of nitriles is 1. The molecule has 0 saturated heterocycles. The molecule has 0 rings (SSSR count). The molecule has 0 spiro atoms. The number of nitrogens with zero attached hydrogens (tertiary/aromatic N) is 2. The van der Waals surface area contributed by atoms with E-state index in [0.29, 0.717) is 0 Å². The minimum atomic E-state index is -1.53. The largest absolute Gasteiger partial charge is 0.456 e. The highest BCUT2D eigenvalue weighted by Gasteiger charge is 2.14. The van der Waals surface area contributed by atoms with Crippen molar-refractivity contribution in [2.24, 2.45) is 5.16 Å². The molecule has 0 bridgehead atoms. The highest BCUT2D eigenvalue weighted by Crippen LogP contribution is 2.01. The molecule has 0 amide bonds. The highest BCUT2D eigenvalue weighted by atomic mass is 28.4. The first kappa shape index (κ1) is 9.92. The van der Waals surface area contributed by atoms with Gasteiger partial charge >= 0.3 is 0 Å². The SMILES string of the molecule is C[Si](C)(C)O/N=C/C=C/C#N. The molecule has 0 unspecified atom stereocenters. The summed E-state index contributed by atoms with van der Waals surface area (Å²) in [6.07, 6.45) is 4.36. The van der Waals surface area contributed by atoms with E-state index in [4.69, 9.17) is 9.79 Å². The molecule has 0 N–H and O–H groups in total. The fourth-order valence-corrected chi connectivity index (χ4v) is 0.687. The average Bonchev–Trinajstić information content (AvgIpc) is 1.85. The Morgan fingerprint density at radius 1 is 1.45 bits per heavy atom. The van der Waals surface area contributed by atoms with Crippen molar-refractivity contribution in [3.05, 3.63) is 12.2 Å². The van der Waals surface area contributed by atoms with Gasteiger partial charge in [0.05, 0.1) is 12.3 Å². The highest BCUT2D eigenvalue weighted by molar-refractivity contribution is 6.69. The van der Waals surface area contributed by atoms with E-state index in [9.17, 15) is 0 Å². The molecule has 0 heterocycles. The second-order valence-electron chi connectivity index (χ2n) is 2.95. The molecule has 0 radical (unpaired) electrons. The molecule has 0 aliphatic heterocycles. The quantitative estimate of drug-likeness (QED) is 0.279. The average molecular weight is 168 g/mol. The Hall–Kier alpha value is -1.08. The lowest BCUT2D eigenvalue weighted by molar-refractivity contribution is 0.338. The summed E-state index contributed by atoms with van der Waals surface area (Å²) in [5.74, 6) is 0. The maximum atomic E-state index is 8.09. The molecule has 0 aromatic carbocycles. The number of allylic oxidation sites excluding steroid dienone is 2. The molecule has 0 fully saturated rings. The normalized spacial score (nSPS) is 12.2. The fourth-order valence-electron chi connectivity index (χ4n) is 0.310. The van der Waals surface area contributed by atoms with Crippen LogP contribution in [0.2, 0.25) is 19.6 Å². The van der Waals surface area contributed by atoms with E-state index in [2.05, 4.69) is 5.16 Å². The van der Waals surface area contributed by atoms with Crippen molar-refractivity contribution in [1.82, 2.24) is 0 Å². The zero-order valence-corrected chi connectivity index (χ0v) is 8.03. The monoisotopic (exact) mass is 168 g/mol. The van der Waals surface area contributed by atoms with Gasteiger partial charge in [-0.25, -0.2) is 0 Å². The molecule has 0 atom stereocenters. The zero-order valence-electron chi connectivity index (χ0n) is 7.03. The molecule has 3 nitrogen and oxygen atoms in total. The summed E-state index contributed by atoms with van der Waals surface area (Å²) in [5, 5.41) is 11.8. The van der Waals surface area contributed by atoms with Crippen LogP contribution in [-0.2, 0) is 4.53 Å². The minimum Gasteiger partial charge on any atom is -0.456 e. The van der Waals surface area contributed by atoms with Crippen LogP contribution < -0.4 is 0 Å². The fraction of sp³-hybridized carbons (Fsp3) is 0.429. The lowest BCUT2D eigenvalue weighted by atomic mass is 10.6. The number of hydrogen-bond acceptors (Lipinski definition) is 3. The summed E-state index contributed by atoms with van der Waals surface area (Å²) < 4.78 is 5.12. The third kappa shape index (κ3) is 8.92. The van der Waals surface area contributed by atoms with Crippen molar-refractivity contribution in [1.29, 1.82) is 5.26 Å². The molecule has 0 aliphatic rings. The van der Waals surface area contributed by atoms with Crippen LogP contribution in [-0.4, -0.2) is 14.5 Å². The summed E-state index contributed by atoms with van der Waals surface area (Å²) in [4.78, 5) is 0. The Balaban J connectivity index is 3.64.